The molecule has 0 saturated carbocycles. The molecular weight excluding hydrogens is 473 g/mol. The SMILES string of the molecule is Cc1ccc(NC(=O)CN2CC[C@@H](C(F)(F)F)C2)cc1Nc1ncccc1-c1ncnc2[nH]cnc12. The van der Waals surface area contributed by atoms with Crippen molar-refractivity contribution in [2.45, 2.75) is 19.5 Å². The van der Waals surface area contributed by atoms with E-state index in [1.807, 2.05) is 19.1 Å². The highest BCUT2D eigenvalue weighted by atomic mass is 19.4. The molecule has 3 aromatic heterocycles. The van der Waals surface area contributed by atoms with Gasteiger partial charge in [-0.15, -0.1) is 0 Å². The summed E-state index contributed by atoms with van der Waals surface area (Å²) in [5, 5.41) is 6.09. The Kier molecular flexibility index (Phi) is 6.27. The second-order valence-corrected chi connectivity index (χ2v) is 8.69. The molecule has 1 aliphatic rings. The van der Waals surface area contributed by atoms with Crippen LogP contribution in [-0.2, 0) is 4.79 Å². The minimum atomic E-state index is -4.23. The van der Waals surface area contributed by atoms with E-state index < -0.39 is 12.1 Å². The average molecular weight is 496 g/mol. The van der Waals surface area contributed by atoms with E-state index in [9.17, 15) is 18.0 Å². The summed E-state index contributed by atoms with van der Waals surface area (Å²) in [4.78, 5) is 34.4. The van der Waals surface area contributed by atoms with E-state index >= 15 is 0 Å². The van der Waals surface area contributed by atoms with E-state index in [-0.39, 0.29) is 32.0 Å². The first-order valence-electron chi connectivity index (χ1n) is 11.3. The molecule has 1 fully saturated rings. The van der Waals surface area contributed by atoms with Crippen LogP contribution in [0.15, 0.2) is 49.2 Å². The molecule has 5 rings (SSSR count). The number of carbonyl (C=O) groups excluding carboxylic acids is 1. The maximum Gasteiger partial charge on any atom is 0.393 e. The number of anilines is 3. The summed E-state index contributed by atoms with van der Waals surface area (Å²) in [6.45, 7) is 1.90. The predicted molar refractivity (Wildman–Crippen MR) is 129 cm³/mol. The van der Waals surface area contributed by atoms with E-state index in [0.29, 0.717) is 34.1 Å². The van der Waals surface area contributed by atoms with Gasteiger partial charge >= 0.3 is 6.18 Å². The van der Waals surface area contributed by atoms with Gasteiger partial charge in [-0.25, -0.2) is 19.9 Å². The number of imidazole rings is 1. The number of alkyl halides is 3. The molecule has 0 bridgehead atoms. The fourth-order valence-electron chi connectivity index (χ4n) is 4.27. The third-order valence-electron chi connectivity index (χ3n) is 6.16. The van der Waals surface area contributed by atoms with Gasteiger partial charge < -0.3 is 15.6 Å². The van der Waals surface area contributed by atoms with Crippen molar-refractivity contribution in [3.8, 4) is 11.3 Å². The fourth-order valence-corrected chi connectivity index (χ4v) is 4.27. The third-order valence-corrected chi connectivity index (χ3v) is 6.16. The van der Waals surface area contributed by atoms with E-state index in [0.717, 1.165) is 11.1 Å². The Morgan fingerprint density at radius 3 is 2.86 bits per heavy atom. The van der Waals surface area contributed by atoms with Gasteiger partial charge in [0.05, 0.1) is 18.8 Å². The van der Waals surface area contributed by atoms with Crippen molar-refractivity contribution < 1.29 is 18.0 Å². The number of aryl methyl sites for hydroxylation is 1. The molecule has 36 heavy (non-hydrogen) atoms. The number of amides is 1. The molecule has 1 aliphatic heterocycles. The topological polar surface area (TPSA) is 112 Å². The minimum absolute atomic E-state index is 0.0126. The lowest BCUT2D eigenvalue weighted by Gasteiger charge is -2.18. The normalized spacial score (nSPS) is 16.4. The first kappa shape index (κ1) is 23.7. The van der Waals surface area contributed by atoms with Crippen LogP contribution in [0.1, 0.15) is 12.0 Å². The van der Waals surface area contributed by atoms with Crippen molar-refractivity contribution in [3.05, 3.63) is 54.7 Å². The summed E-state index contributed by atoms with van der Waals surface area (Å²) >= 11 is 0. The largest absolute Gasteiger partial charge is 0.393 e. The Balaban J connectivity index is 1.32. The number of nitrogens with one attached hydrogen (secondary N) is 3. The van der Waals surface area contributed by atoms with Crippen LogP contribution in [0, 0.1) is 12.8 Å². The number of rotatable bonds is 6. The van der Waals surface area contributed by atoms with Crippen LogP contribution in [0.5, 0.6) is 0 Å². The van der Waals surface area contributed by atoms with Crippen LogP contribution in [0.3, 0.4) is 0 Å². The number of aromatic nitrogens is 5. The van der Waals surface area contributed by atoms with Gasteiger partial charge in [-0.3, -0.25) is 9.69 Å². The van der Waals surface area contributed by atoms with Crippen molar-refractivity contribution in [1.29, 1.82) is 0 Å². The quantitative estimate of drug-likeness (QED) is 0.365. The number of carbonyl (C=O) groups is 1. The molecular formula is C24H23F3N8O. The molecule has 0 radical (unpaired) electrons. The summed E-state index contributed by atoms with van der Waals surface area (Å²) in [5.74, 6) is -1.21. The molecule has 0 spiro atoms. The summed E-state index contributed by atoms with van der Waals surface area (Å²) in [6.07, 6.45) is 0.430. The van der Waals surface area contributed by atoms with Crippen molar-refractivity contribution in [2.24, 2.45) is 5.92 Å². The van der Waals surface area contributed by atoms with E-state index in [4.69, 9.17) is 0 Å². The standard InChI is InChI=1S/C24H23F3N8O/c1-14-4-5-16(33-19(36)11-35-8-6-15(10-35)24(25,26)27)9-18(14)34-22-17(3-2-7-28-22)20-21-23(31-12-29-20)32-13-30-21/h2-5,7,9,12-13,15H,6,8,10-11H2,1H3,(H,28,34)(H,33,36)(H,29,30,31,32)/t15-/m1/s1. The highest BCUT2D eigenvalue weighted by Crippen LogP contribution is 2.34. The van der Waals surface area contributed by atoms with Crippen molar-refractivity contribution in [2.75, 3.05) is 30.3 Å². The number of hydrogen-bond acceptors (Lipinski definition) is 7. The number of pyridine rings is 1. The van der Waals surface area contributed by atoms with Gasteiger partial charge in [0.25, 0.3) is 0 Å². The van der Waals surface area contributed by atoms with Crippen LogP contribution in [-0.4, -0.2) is 61.5 Å². The van der Waals surface area contributed by atoms with Crippen LogP contribution in [0.25, 0.3) is 22.4 Å². The van der Waals surface area contributed by atoms with Crippen molar-refractivity contribution in [1.82, 2.24) is 29.8 Å². The molecule has 0 unspecified atom stereocenters. The van der Waals surface area contributed by atoms with Crippen LogP contribution in [0.4, 0.5) is 30.4 Å². The number of H-pyrrole nitrogens is 1. The number of halogens is 3. The zero-order valence-corrected chi connectivity index (χ0v) is 19.3. The monoisotopic (exact) mass is 496 g/mol. The van der Waals surface area contributed by atoms with E-state index in [2.05, 4.69) is 35.6 Å². The zero-order chi connectivity index (χ0) is 25.3. The lowest BCUT2D eigenvalue weighted by molar-refractivity contribution is -0.170. The smallest absolute Gasteiger partial charge is 0.339 e. The summed E-state index contributed by atoms with van der Waals surface area (Å²) in [7, 11) is 0. The molecule has 1 aromatic carbocycles. The second-order valence-electron chi connectivity index (χ2n) is 8.69. The van der Waals surface area contributed by atoms with Gasteiger partial charge in [0.15, 0.2) is 5.65 Å². The van der Waals surface area contributed by atoms with E-state index in [1.54, 1.807) is 30.7 Å². The maximum atomic E-state index is 12.9. The number of benzene rings is 1. The second kappa shape index (κ2) is 9.53. The van der Waals surface area contributed by atoms with Crippen molar-refractivity contribution >= 4 is 34.3 Å². The lowest BCUT2D eigenvalue weighted by atomic mass is 10.1. The first-order valence-corrected chi connectivity index (χ1v) is 11.3. The van der Waals surface area contributed by atoms with Gasteiger partial charge in [-0.2, -0.15) is 13.2 Å². The number of likely N-dealkylation sites (tertiary alicyclic amines) is 1. The number of fused-ring (bicyclic) bond motifs is 1. The number of aromatic amines is 1. The fraction of sp³-hybridized carbons (Fsp3) is 0.292. The highest BCUT2D eigenvalue weighted by Gasteiger charge is 2.43. The van der Waals surface area contributed by atoms with Crippen molar-refractivity contribution in [3.63, 3.8) is 0 Å². The van der Waals surface area contributed by atoms with Gasteiger partial charge in [-0.05, 0) is 49.7 Å². The zero-order valence-electron chi connectivity index (χ0n) is 19.3. The Bertz CT molecular complexity index is 1400. The Labute approximate surface area is 204 Å². The average Bonchev–Trinajstić information content (AvgIpc) is 3.51. The van der Waals surface area contributed by atoms with Gasteiger partial charge in [0.1, 0.15) is 23.4 Å². The Morgan fingerprint density at radius 1 is 1.19 bits per heavy atom. The molecule has 9 nitrogen and oxygen atoms in total. The maximum absolute atomic E-state index is 12.9. The number of hydrogen-bond donors (Lipinski definition) is 3. The molecule has 3 N–H and O–H groups in total. The molecule has 4 heterocycles. The van der Waals surface area contributed by atoms with E-state index in [1.165, 1.54) is 11.2 Å². The van der Waals surface area contributed by atoms with Gasteiger partial charge in [-0.1, -0.05) is 6.07 Å². The van der Waals surface area contributed by atoms with Gasteiger partial charge in [0, 0.05) is 29.7 Å². The molecule has 1 atom stereocenters. The molecule has 0 aliphatic carbocycles. The lowest BCUT2D eigenvalue weighted by Crippen LogP contribution is -2.33. The summed E-state index contributed by atoms with van der Waals surface area (Å²) < 4.78 is 38.8. The number of nitrogens with zero attached hydrogens (tertiary/aromatic N) is 5. The molecule has 186 valence electrons. The Morgan fingerprint density at radius 2 is 2.06 bits per heavy atom. The minimum Gasteiger partial charge on any atom is -0.339 e. The first-order chi connectivity index (χ1) is 17.3. The van der Waals surface area contributed by atoms with Gasteiger partial charge in [0.2, 0.25) is 5.91 Å². The van der Waals surface area contributed by atoms with Crippen LogP contribution < -0.4 is 10.6 Å². The predicted octanol–water partition coefficient (Wildman–Crippen LogP) is 4.29. The third kappa shape index (κ3) is 4.98. The molecule has 12 heteroatoms. The Hall–Kier alpha value is -4.06. The molecule has 1 amide bonds. The molecule has 1 saturated heterocycles. The molecule has 4 aromatic rings. The van der Waals surface area contributed by atoms with Crippen LogP contribution in [0.2, 0.25) is 0 Å². The summed E-state index contributed by atoms with van der Waals surface area (Å²) in [5.41, 5.74) is 4.69. The highest BCUT2D eigenvalue weighted by molar-refractivity contribution is 5.94. The summed E-state index contributed by atoms with van der Waals surface area (Å²) in [6, 6.07) is 9.02. The van der Waals surface area contributed by atoms with Crippen LogP contribution >= 0.6 is 0 Å².